The number of aliphatic hydroxyl groups excluding tert-OH is 1. The number of hydrogen-bond donors (Lipinski definition) is 1. The largest absolute Gasteiger partial charge is 0.496 e. The van der Waals surface area contributed by atoms with Crippen LogP contribution in [0.25, 0.3) is 5.69 Å². The fourth-order valence-corrected chi connectivity index (χ4v) is 3.49. The lowest BCUT2D eigenvalue weighted by atomic mass is 10.0. The third kappa shape index (κ3) is 4.33. The van der Waals surface area contributed by atoms with Crippen LogP contribution in [0, 0.1) is 11.8 Å². The lowest BCUT2D eigenvalue weighted by Gasteiger charge is -2.21. The summed E-state index contributed by atoms with van der Waals surface area (Å²) in [5, 5.41) is 13.7. The number of nitrogens with zero attached hydrogens (tertiary/aromatic N) is 3. The average Bonchev–Trinajstić information content (AvgIpc) is 3.14. The Bertz CT molecular complexity index is 1190. The Balaban J connectivity index is 1.77. The number of pyridine rings is 1. The van der Waals surface area contributed by atoms with E-state index in [1.54, 1.807) is 23.0 Å². The molecule has 32 heavy (non-hydrogen) atoms. The predicted molar refractivity (Wildman–Crippen MR) is 109 cm³/mol. The molecule has 0 fully saturated rings. The Morgan fingerprint density at radius 2 is 2.06 bits per heavy atom. The van der Waals surface area contributed by atoms with Gasteiger partial charge in [-0.1, -0.05) is 5.92 Å². The van der Waals surface area contributed by atoms with Gasteiger partial charge >= 0.3 is 6.18 Å². The van der Waals surface area contributed by atoms with Crippen molar-refractivity contribution in [3.05, 3.63) is 70.3 Å². The van der Waals surface area contributed by atoms with Gasteiger partial charge in [-0.25, -0.2) is 4.68 Å². The van der Waals surface area contributed by atoms with E-state index < -0.39 is 11.7 Å². The summed E-state index contributed by atoms with van der Waals surface area (Å²) in [6, 6.07) is 7.11. The van der Waals surface area contributed by atoms with Gasteiger partial charge in [0, 0.05) is 29.8 Å². The predicted octanol–water partition coefficient (Wildman–Crippen LogP) is 3.65. The van der Waals surface area contributed by atoms with Crippen LogP contribution in [0.1, 0.15) is 40.7 Å². The van der Waals surface area contributed by atoms with Gasteiger partial charge in [0.25, 0.3) is 0 Å². The van der Waals surface area contributed by atoms with Gasteiger partial charge in [-0.2, -0.15) is 18.3 Å². The van der Waals surface area contributed by atoms with E-state index in [4.69, 9.17) is 14.6 Å². The minimum atomic E-state index is -4.52. The molecule has 0 spiro atoms. The number of fused-ring (bicyclic) bond motifs is 1. The molecular formula is C23H20F3N3O3. The van der Waals surface area contributed by atoms with Gasteiger partial charge in [0.2, 0.25) is 0 Å². The number of benzene rings is 1. The van der Waals surface area contributed by atoms with Crippen LogP contribution in [0.4, 0.5) is 13.2 Å². The first kappa shape index (κ1) is 21.9. The molecule has 0 unspecified atom stereocenters. The smallest absolute Gasteiger partial charge is 0.419 e. The fourth-order valence-electron chi connectivity index (χ4n) is 3.49. The molecule has 0 saturated heterocycles. The first-order chi connectivity index (χ1) is 15.3. The standard InChI is InChI=1S/C23H20F3N3O3/c1-14-9-21-18(13-32-14)20(8-4-15-3-5-16(12-30)27-11-15)28-29(21)17-6-7-19(23(24,25)26)22(10-17)31-2/h3,5-7,10-11,14,30H,9,12-13H2,1-2H3/t14-/m0/s1. The molecule has 1 atom stereocenters. The summed E-state index contributed by atoms with van der Waals surface area (Å²) in [6.45, 7) is 2.07. The van der Waals surface area contributed by atoms with E-state index in [2.05, 4.69) is 21.9 Å². The molecule has 1 N–H and O–H groups in total. The van der Waals surface area contributed by atoms with Crippen molar-refractivity contribution < 1.29 is 27.8 Å². The van der Waals surface area contributed by atoms with Crippen molar-refractivity contribution in [3.63, 3.8) is 0 Å². The summed E-state index contributed by atoms with van der Waals surface area (Å²) in [5.74, 6) is 5.74. The zero-order chi connectivity index (χ0) is 22.9. The summed E-state index contributed by atoms with van der Waals surface area (Å²) < 4.78 is 52.1. The first-order valence-electron chi connectivity index (χ1n) is 9.86. The van der Waals surface area contributed by atoms with Crippen LogP contribution < -0.4 is 4.74 Å². The number of ether oxygens (including phenoxy) is 2. The number of halogens is 3. The molecule has 0 bridgehead atoms. The highest BCUT2D eigenvalue weighted by Crippen LogP contribution is 2.37. The van der Waals surface area contributed by atoms with E-state index in [1.807, 2.05) is 6.92 Å². The molecule has 0 aliphatic carbocycles. The monoisotopic (exact) mass is 443 g/mol. The Labute approximate surface area is 182 Å². The summed E-state index contributed by atoms with van der Waals surface area (Å²) in [7, 11) is 1.20. The van der Waals surface area contributed by atoms with Crippen molar-refractivity contribution in [2.24, 2.45) is 0 Å². The van der Waals surface area contributed by atoms with Crippen molar-refractivity contribution >= 4 is 0 Å². The molecule has 6 nitrogen and oxygen atoms in total. The van der Waals surface area contributed by atoms with Crippen LogP contribution in [0.5, 0.6) is 5.75 Å². The molecule has 1 aliphatic heterocycles. The van der Waals surface area contributed by atoms with Crippen LogP contribution in [0.2, 0.25) is 0 Å². The number of alkyl halides is 3. The number of methoxy groups -OCH3 is 1. The molecule has 0 radical (unpaired) electrons. The summed E-state index contributed by atoms with van der Waals surface area (Å²) in [5.41, 5.74) is 2.90. The zero-order valence-electron chi connectivity index (χ0n) is 17.4. The van der Waals surface area contributed by atoms with Crippen molar-refractivity contribution in [1.29, 1.82) is 0 Å². The van der Waals surface area contributed by atoms with E-state index in [0.717, 1.165) is 17.3 Å². The summed E-state index contributed by atoms with van der Waals surface area (Å²) in [6.07, 6.45) is -2.49. The van der Waals surface area contributed by atoms with Gasteiger partial charge in [0.05, 0.1) is 49.1 Å². The van der Waals surface area contributed by atoms with E-state index in [0.29, 0.717) is 35.7 Å². The van der Waals surface area contributed by atoms with Gasteiger partial charge in [-0.3, -0.25) is 4.98 Å². The maximum Gasteiger partial charge on any atom is 0.419 e. The Kier molecular flexibility index (Phi) is 5.91. The quantitative estimate of drug-likeness (QED) is 0.626. The lowest BCUT2D eigenvalue weighted by Crippen LogP contribution is -2.21. The fraction of sp³-hybridized carbons (Fsp3) is 0.304. The number of rotatable bonds is 3. The van der Waals surface area contributed by atoms with Crippen LogP contribution in [-0.2, 0) is 30.5 Å². The van der Waals surface area contributed by atoms with Crippen LogP contribution in [-0.4, -0.2) is 33.1 Å². The minimum Gasteiger partial charge on any atom is -0.496 e. The highest BCUT2D eigenvalue weighted by atomic mass is 19.4. The molecule has 3 heterocycles. The van der Waals surface area contributed by atoms with Crippen molar-refractivity contribution in [2.45, 2.75) is 38.8 Å². The zero-order valence-corrected chi connectivity index (χ0v) is 17.4. The van der Waals surface area contributed by atoms with E-state index in [-0.39, 0.29) is 18.5 Å². The second-order valence-corrected chi connectivity index (χ2v) is 7.34. The van der Waals surface area contributed by atoms with Gasteiger partial charge in [-0.05, 0) is 37.1 Å². The Morgan fingerprint density at radius 1 is 1.25 bits per heavy atom. The average molecular weight is 443 g/mol. The lowest BCUT2D eigenvalue weighted by molar-refractivity contribution is -0.138. The van der Waals surface area contributed by atoms with Gasteiger partial charge < -0.3 is 14.6 Å². The third-order valence-corrected chi connectivity index (χ3v) is 5.13. The molecule has 4 rings (SSSR count). The Morgan fingerprint density at radius 3 is 2.72 bits per heavy atom. The van der Waals surface area contributed by atoms with Crippen LogP contribution in [0.15, 0.2) is 36.5 Å². The third-order valence-electron chi connectivity index (χ3n) is 5.13. The molecule has 1 aromatic carbocycles. The highest BCUT2D eigenvalue weighted by Gasteiger charge is 2.35. The molecule has 3 aromatic rings. The molecule has 2 aromatic heterocycles. The highest BCUT2D eigenvalue weighted by molar-refractivity contribution is 5.50. The second kappa shape index (κ2) is 8.65. The Hall–Kier alpha value is -3.35. The molecule has 0 amide bonds. The minimum absolute atomic E-state index is 0.0645. The van der Waals surface area contributed by atoms with Gasteiger partial charge in [0.15, 0.2) is 0 Å². The van der Waals surface area contributed by atoms with Crippen molar-refractivity contribution in [2.75, 3.05) is 7.11 Å². The van der Waals surface area contributed by atoms with E-state index in [9.17, 15) is 13.2 Å². The van der Waals surface area contributed by atoms with Gasteiger partial charge in [0.1, 0.15) is 11.4 Å². The molecular weight excluding hydrogens is 423 g/mol. The molecule has 9 heteroatoms. The summed E-state index contributed by atoms with van der Waals surface area (Å²) >= 11 is 0. The molecule has 166 valence electrons. The van der Waals surface area contributed by atoms with Gasteiger partial charge in [-0.15, -0.1) is 0 Å². The van der Waals surface area contributed by atoms with Crippen molar-refractivity contribution in [1.82, 2.24) is 14.8 Å². The maximum absolute atomic E-state index is 13.3. The SMILES string of the molecule is COc1cc(-n2nc(C#Cc3ccc(CO)nc3)c3c2C[C@H](C)OC3)ccc1C(F)(F)F. The number of aliphatic hydroxyl groups is 1. The van der Waals surface area contributed by atoms with Crippen LogP contribution >= 0.6 is 0 Å². The number of aromatic nitrogens is 3. The number of hydrogen-bond acceptors (Lipinski definition) is 5. The first-order valence-corrected chi connectivity index (χ1v) is 9.86. The second-order valence-electron chi connectivity index (χ2n) is 7.34. The van der Waals surface area contributed by atoms with E-state index in [1.165, 1.54) is 19.2 Å². The molecule has 1 aliphatic rings. The normalized spacial score (nSPS) is 15.6. The van der Waals surface area contributed by atoms with E-state index >= 15 is 0 Å². The molecule has 0 saturated carbocycles. The van der Waals surface area contributed by atoms with Crippen LogP contribution in [0.3, 0.4) is 0 Å². The maximum atomic E-state index is 13.3. The topological polar surface area (TPSA) is 69.4 Å². The summed E-state index contributed by atoms with van der Waals surface area (Å²) in [4.78, 5) is 4.10. The van der Waals surface area contributed by atoms with Crippen molar-refractivity contribution in [3.8, 4) is 23.3 Å².